The molecule has 0 saturated carbocycles. The first-order valence-electron chi connectivity index (χ1n) is 9.53. The van der Waals surface area contributed by atoms with Crippen LogP contribution in [-0.4, -0.2) is 46.4 Å². The van der Waals surface area contributed by atoms with Crippen LogP contribution in [0.2, 0.25) is 0 Å². The summed E-state index contributed by atoms with van der Waals surface area (Å²) in [7, 11) is 0. The highest BCUT2D eigenvalue weighted by Gasteiger charge is 2.42. The number of amides is 2. The normalized spacial score (nSPS) is 17.2. The van der Waals surface area contributed by atoms with Gasteiger partial charge in [-0.05, 0) is 33.1 Å². The number of hydrogen-bond acceptors (Lipinski definition) is 6. The van der Waals surface area contributed by atoms with E-state index >= 15 is 0 Å². The molecular weight excluding hydrogens is 376 g/mol. The van der Waals surface area contributed by atoms with Crippen LogP contribution in [0.25, 0.3) is 0 Å². The lowest BCUT2D eigenvalue weighted by Crippen LogP contribution is -2.37. The summed E-state index contributed by atoms with van der Waals surface area (Å²) in [6, 6.07) is -0.205. The van der Waals surface area contributed by atoms with Gasteiger partial charge in [-0.2, -0.15) is 0 Å². The Morgan fingerprint density at radius 2 is 2.07 bits per heavy atom. The third kappa shape index (κ3) is 6.02. The first-order chi connectivity index (χ1) is 13.6. The summed E-state index contributed by atoms with van der Waals surface area (Å²) in [6.45, 7) is 8.47. The lowest BCUT2D eigenvalue weighted by Gasteiger charge is -2.19. The molecule has 1 atom stereocenters. The summed E-state index contributed by atoms with van der Waals surface area (Å²) in [5.41, 5.74) is 0. The van der Waals surface area contributed by atoms with Crippen LogP contribution in [0.15, 0.2) is 37.0 Å². The maximum absolute atomic E-state index is 12.9. The van der Waals surface area contributed by atoms with Gasteiger partial charge in [0.2, 0.25) is 11.4 Å². The molecule has 0 radical (unpaired) electrons. The van der Waals surface area contributed by atoms with E-state index in [4.69, 9.17) is 4.74 Å². The van der Waals surface area contributed by atoms with Gasteiger partial charge in [-0.3, -0.25) is 4.79 Å². The first kappa shape index (κ1) is 21.8. The lowest BCUT2D eigenvalue weighted by molar-refractivity contribution is -0.148. The van der Waals surface area contributed by atoms with E-state index in [-0.39, 0.29) is 18.4 Å². The van der Waals surface area contributed by atoms with Gasteiger partial charge in [-0.15, -0.1) is 16.8 Å². The van der Waals surface area contributed by atoms with Crippen molar-refractivity contribution in [3.8, 4) is 0 Å². The zero-order valence-electron chi connectivity index (χ0n) is 16.5. The molecule has 0 N–H and O–H groups in total. The molecule has 1 aromatic rings. The van der Waals surface area contributed by atoms with Crippen LogP contribution in [0.5, 0.6) is 0 Å². The van der Waals surface area contributed by atoms with E-state index in [0.29, 0.717) is 31.1 Å². The largest absolute Gasteiger partial charge is 0.439 e. The first-order valence-corrected chi connectivity index (χ1v) is 10.4. The molecule has 2 amide bonds. The molecule has 1 saturated heterocycles. The predicted molar refractivity (Wildman–Crippen MR) is 111 cm³/mol. The molecule has 1 fully saturated rings. The lowest BCUT2D eigenvalue weighted by atomic mass is 10.3. The number of carbonyl (C=O) groups is 2. The maximum Gasteiger partial charge on any atom is 0.329 e. The van der Waals surface area contributed by atoms with E-state index in [1.807, 2.05) is 44.2 Å². The Kier molecular flexibility index (Phi) is 8.87. The van der Waals surface area contributed by atoms with Crippen molar-refractivity contribution in [1.82, 2.24) is 15.1 Å². The topological polar surface area (TPSA) is 75.6 Å². The summed E-state index contributed by atoms with van der Waals surface area (Å²) >= 11 is 1.34. The Labute approximate surface area is 170 Å². The van der Waals surface area contributed by atoms with E-state index in [9.17, 15) is 9.59 Å². The van der Waals surface area contributed by atoms with Crippen molar-refractivity contribution in [1.29, 1.82) is 0 Å². The Morgan fingerprint density at radius 3 is 2.79 bits per heavy atom. The van der Waals surface area contributed by atoms with Crippen molar-refractivity contribution >= 4 is 28.5 Å². The smallest absolute Gasteiger partial charge is 0.329 e. The number of anilines is 1. The van der Waals surface area contributed by atoms with Crippen molar-refractivity contribution in [3.05, 3.63) is 42.0 Å². The minimum absolute atomic E-state index is 0.205. The highest BCUT2D eigenvalue weighted by atomic mass is 32.1. The Hall–Kier alpha value is -2.48. The van der Waals surface area contributed by atoms with Gasteiger partial charge in [0, 0.05) is 19.4 Å². The molecule has 152 valence electrons. The number of urea groups is 1. The molecule has 7 nitrogen and oxygen atoms in total. The molecule has 1 aromatic heterocycles. The summed E-state index contributed by atoms with van der Waals surface area (Å²) in [5.74, 6) is -0.326. The average molecular weight is 405 g/mol. The number of carbonyl (C=O) groups excluding carboxylic acids is 2. The quantitative estimate of drug-likeness (QED) is 0.315. The van der Waals surface area contributed by atoms with Gasteiger partial charge < -0.3 is 9.64 Å². The summed E-state index contributed by atoms with van der Waals surface area (Å²) in [4.78, 5) is 28.3. The average Bonchev–Trinajstić information content (AvgIpc) is 3.25. The second kappa shape index (κ2) is 11.4. The van der Waals surface area contributed by atoms with Crippen molar-refractivity contribution in [3.63, 3.8) is 0 Å². The van der Waals surface area contributed by atoms with Crippen LogP contribution in [0.3, 0.4) is 0 Å². The van der Waals surface area contributed by atoms with Crippen LogP contribution in [-0.2, 0) is 16.0 Å². The molecule has 0 aliphatic carbocycles. The molecule has 0 bridgehead atoms. The SMILES string of the molecule is C=CCCCN1CC(OC(=O)CCC=CC)N(c2nnc(CC=CC)s2)C1=O. The van der Waals surface area contributed by atoms with Crippen molar-refractivity contribution < 1.29 is 14.3 Å². The number of hydrogen-bond donors (Lipinski definition) is 0. The summed E-state index contributed by atoms with van der Waals surface area (Å²) < 4.78 is 5.62. The standard InChI is InChI=1S/C20H28N4O3S/c1-4-7-10-13-18(25)27-17-15-23(14-11-8-5-2)20(26)24(17)19-22-21-16(28-19)12-9-6-3/h4-7,9,17H,2,8,10-15H2,1,3H3. The molecule has 2 rings (SSSR count). The number of esters is 1. The molecule has 28 heavy (non-hydrogen) atoms. The Balaban J connectivity index is 2.13. The minimum atomic E-state index is -0.683. The van der Waals surface area contributed by atoms with Gasteiger partial charge in [-0.1, -0.05) is 41.7 Å². The van der Waals surface area contributed by atoms with E-state index in [2.05, 4.69) is 16.8 Å². The number of rotatable bonds is 11. The number of aromatic nitrogens is 2. The van der Waals surface area contributed by atoms with Crippen LogP contribution in [0, 0.1) is 0 Å². The monoisotopic (exact) mass is 404 g/mol. The van der Waals surface area contributed by atoms with Gasteiger partial charge in [0.1, 0.15) is 5.01 Å². The van der Waals surface area contributed by atoms with E-state index < -0.39 is 6.23 Å². The fourth-order valence-corrected chi connectivity index (χ4v) is 3.60. The van der Waals surface area contributed by atoms with Crippen LogP contribution < -0.4 is 4.90 Å². The van der Waals surface area contributed by atoms with E-state index in [1.165, 1.54) is 16.2 Å². The van der Waals surface area contributed by atoms with Crippen LogP contribution in [0.1, 0.15) is 44.5 Å². The zero-order chi connectivity index (χ0) is 20.4. The fourth-order valence-electron chi connectivity index (χ4n) is 2.75. The minimum Gasteiger partial charge on any atom is -0.439 e. The second-order valence-corrected chi connectivity index (χ2v) is 7.37. The van der Waals surface area contributed by atoms with Gasteiger partial charge in [0.05, 0.1) is 6.54 Å². The molecule has 1 unspecified atom stereocenters. The highest BCUT2D eigenvalue weighted by molar-refractivity contribution is 7.15. The number of nitrogens with zero attached hydrogens (tertiary/aromatic N) is 4. The molecule has 1 aliphatic rings. The van der Waals surface area contributed by atoms with Gasteiger partial charge in [-0.25, -0.2) is 9.69 Å². The van der Waals surface area contributed by atoms with Crippen LogP contribution >= 0.6 is 11.3 Å². The fraction of sp³-hybridized carbons (Fsp3) is 0.500. The van der Waals surface area contributed by atoms with Gasteiger partial charge in [0.25, 0.3) is 0 Å². The molecule has 8 heteroatoms. The number of allylic oxidation sites excluding steroid dienone is 5. The van der Waals surface area contributed by atoms with E-state index in [0.717, 1.165) is 17.8 Å². The summed E-state index contributed by atoms with van der Waals surface area (Å²) in [6.07, 6.45) is 12.1. The molecule has 0 spiro atoms. The third-order valence-electron chi connectivity index (χ3n) is 4.19. The Bertz CT molecular complexity index is 729. The van der Waals surface area contributed by atoms with Gasteiger partial charge >= 0.3 is 12.0 Å². The molecular formula is C20H28N4O3S. The number of unbranched alkanes of at least 4 members (excludes halogenated alkanes) is 1. The van der Waals surface area contributed by atoms with Crippen molar-refractivity contribution in [2.24, 2.45) is 0 Å². The molecule has 2 heterocycles. The van der Waals surface area contributed by atoms with Crippen LogP contribution in [0.4, 0.5) is 9.93 Å². The Morgan fingerprint density at radius 1 is 1.29 bits per heavy atom. The van der Waals surface area contributed by atoms with Crippen molar-refractivity contribution in [2.75, 3.05) is 18.0 Å². The number of ether oxygens (including phenoxy) is 1. The second-order valence-electron chi connectivity index (χ2n) is 6.33. The van der Waals surface area contributed by atoms with Gasteiger partial charge in [0.15, 0.2) is 0 Å². The maximum atomic E-state index is 12.9. The van der Waals surface area contributed by atoms with Crippen molar-refractivity contribution in [2.45, 2.75) is 52.2 Å². The summed E-state index contributed by atoms with van der Waals surface area (Å²) in [5, 5.41) is 9.58. The van der Waals surface area contributed by atoms with E-state index in [1.54, 1.807) is 4.90 Å². The highest BCUT2D eigenvalue weighted by Crippen LogP contribution is 2.29. The predicted octanol–water partition coefficient (Wildman–Crippen LogP) is 4.09. The molecule has 0 aromatic carbocycles. The zero-order valence-corrected chi connectivity index (χ0v) is 17.4. The third-order valence-corrected chi connectivity index (χ3v) is 5.13. The molecule has 1 aliphatic heterocycles.